The lowest BCUT2D eigenvalue weighted by atomic mass is 10.1. The van der Waals surface area contributed by atoms with Gasteiger partial charge in [-0.25, -0.2) is 0 Å². The Hall–Kier alpha value is -1.68. The van der Waals surface area contributed by atoms with Crippen LogP contribution in [0.15, 0.2) is 36.0 Å². The normalized spacial score (nSPS) is 10.5. The van der Waals surface area contributed by atoms with E-state index in [0.717, 1.165) is 10.4 Å². The van der Waals surface area contributed by atoms with Crippen molar-refractivity contribution in [1.29, 1.82) is 0 Å². The highest BCUT2D eigenvalue weighted by molar-refractivity contribution is 7.13. The topological polar surface area (TPSA) is 42.0 Å². The van der Waals surface area contributed by atoms with Crippen molar-refractivity contribution in [2.75, 3.05) is 0 Å². The molecule has 1 N–H and O–H groups in total. The van der Waals surface area contributed by atoms with Crippen LogP contribution in [0.1, 0.15) is 24.2 Å². The number of hydrogen-bond acceptors (Lipinski definition) is 3. The van der Waals surface area contributed by atoms with Crippen molar-refractivity contribution in [3.63, 3.8) is 0 Å². The lowest BCUT2D eigenvalue weighted by Crippen LogP contribution is -2.30. The van der Waals surface area contributed by atoms with E-state index in [9.17, 15) is 4.79 Å². The molecule has 0 bridgehead atoms. The van der Waals surface area contributed by atoms with E-state index in [-0.39, 0.29) is 11.9 Å². The van der Waals surface area contributed by atoms with Crippen molar-refractivity contribution in [2.24, 2.45) is 0 Å². The summed E-state index contributed by atoms with van der Waals surface area (Å²) in [6, 6.07) is 6.01. The molecule has 17 heavy (non-hydrogen) atoms. The van der Waals surface area contributed by atoms with Crippen LogP contribution >= 0.6 is 11.3 Å². The summed E-state index contributed by atoms with van der Waals surface area (Å²) in [6.07, 6.45) is 3.37. The van der Waals surface area contributed by atoms with Crippen LogP contribution in [0, 0.1) is 0 Å². The standard InChI is InChI=1S/C13H14N2OS/c1-9(2)15-13(16)11-6-10(7-14-8-11)12-4-3-5-17-12/h3-9H,1-2H3,(H,15,16). The first-order chi connectivity index (χ1) is 8.16. The number of carbonyl (C=O) groups excluding carboxylic acids is 1. The minimum atomic E-state index is -0.0779. The first kappa shape index (κ1) is 11.8. The Morgan fingerprint density at radius 3 is 2.88 bits per heavy atom. The molecule has 0 spiro atoms. The SMILES string of the molecule is CC(C)NC(=O)c1cncc(-c2cccs2)c1. The number of nitrogens with zero attached hydrogens (tertiary/aromatic N) is 1. The van der Waals surface area contributed by atoms with Gasteiger partial charge in [0.1, 0.15) is 0 Å². The minimum absolute atomic E-state index is 0.0779. The van der Waals surface area contributed by atoms with Gasteiger partial charge >= 0.3 is 0 Å². The Morgan fingerprint density at radius 1 is 1.41 bits per heavy atom. The van der Waals surface area contributed by atoms with Gasteiger partial charge in [-0.3, -0.25) is 9.78 Å². The third kappa shape index (κ3) is 2.91. The second kappa shape index (κ2) is 5.10. The number of aromatic nitrogens is 1. The number of hydrogen-bond donors (Lipinski definition) is 1. The van der Waals surface area contributed by atoms with Crippen LogP contribution in [0.4, 0.5) is 0 Å². The van der Waals surface area contributed by atoms with Gasteiger partial charge in [0.25, 0.3) is 5.91 Å². The van der Waals surface area contributed by atoms with Gasteiger partial charge < -0.3 is 5.32 Å². The molecule has 0 aliphatic rings. The minimum Gasteiger partial charge on any atom is -0.350 e. The van der Waals surface area contributed by atoms with Crippen LogP contribution in [-0.4, -0.2) is 16.9 Å². The number of carbonyl (C=O) groups is 1. The Balaban J connectivity index is 2.26. The smallest absolute Gasteiger partial charge is 0.253 e. The summed E-state index contributed by atoms with van der Waals surface area (Å²) < 4.78 is 0. The number of thiophene rings is 1. The third-order valence-electron chi connectivity index (χ3n) is 2.23. The average Bonchev–Trinajstić information content (AvgIpc) is 2.82. The van der Waals surface area contributed by atoms with Crippen LogP contribution in [0.3, 0.4) is 0 Å². The molecule has 1 amide bonds. The average molecular weight is 246 g/mol. The summed E-state index contributed by atoms with van der Waals surface area (Å²) in [4.78, 5) is 17.1. The molecule has 2 aromatic heterocycles. The van der Waals surface area contributed by atoms with Crippen LogP contribution < -0.4 is 5.32 Å². The van der Waals surface area contributed by atoms with E-state index in [0.29, 0.717) is 5.56 Å². The molecule has 0 atom stereocenters. The molecule has 0 saturated carbocycles. The fourth-order valence-corrected chi connectivity index (χ4v) is 2.20. The molecule has 0 saturated heterocycles. The molecule has 0 fully saturated rings. The summed E-state index contributed by atoms with van der Waals surface area (Å²) in [6.45, 7) is 3.88. The maximum Gasteiger partial charge on any atom is 0.253 e. The molecular weight excluding hydrogens is 232 g/mol. The fraction of sp³-hybridized carbons (Fsp3) is 0.231. The van der Waals surface area contributed by atoms with E-state index in [1.165, 1.54) is 0 Å². The molecule has 0 aliphatic heterocycles. The Morgan fingerprint density at radius 2 is 2.24 bits per heavy atom. The first-order valence-electron chi connectivity index (χ1n) is 5.46. The second-order valence-corrected chi connectivity index (χ2v) is 5.02. The summed E-state index contributed by atoms with van der Waals surface area (Å²) >= 11 is 1.64. The Labute approximate surface area is 105 Å². The first-order valence-corrected chi connectivity index (χ1v) is 6.34. The van der Waals surface area contributed by atoms with Gasteiger partial charge in [0.2, 0.25) is 0 Å². The zero-order valence-electron chi connectivity index (χ0n) is 9.81. The molecule has 2 aromatic rings. The van der Waals surface area contributed by atoms with Gasteiger partial charge in [0.15, 0.2) is 0 Å². The molecule has 2 heterocycles. The van der Waals surface area contributed by atoms with Gasteiger partial charge in [-0.1, -0.05) is 6.07 Å². The number of pyridine rings is 1. The lowest BCUT2D eigenvalue weighted by molar-refractivity contribution is 0.0943. The third-order valence-corrected chi connectivity index (χ3v) is 3.14. The number of amides is 1. The van der Waals surface area contributed by atoms with E-state index in [2.05, 4.69) is 10.3 Å². The quantitative estimate of drug-likeness (QED) is 0.904. The van der Waals surface area contributed by atoms with Crippen molar-refractivity contribution in [3.8, 4) is 10.4 Å². The molecule has 3 nitrogen and oxygen atoms in total. The maximum atomic E-state index is 11.8. The monoisotopic (exact) mass is 246 g/mol. The molecule has 2 rings (SSSR count). The summed E-state index contributed by atoms with van der Waals surface area (Å²) in [5.41, 5.74) is 1.58. The highest BCUT2D eigenvalue weighted by Crippen LogP contribution is 2.24. The molecular formula is C13H14N2OS. The van der Waals surface area contributed by atoms with E-state index in [4.69, 9.17) is 0 Å². The Kier molecular flexibility index (Phi) is 3.54. The van der Waals surface area contributed by atoms with Gasteiger partial charge in [0, 0.05) is 28.9 Å². The fourth-order valence-electron chi connectivity index (χ4n) is 1.49. The number of rotatable bonds is 3. The zero-order valence-corrected chi connectivity index (χ0v) is 10.6. The van der Waals surface area contributed by atoms with E-state index in [1.54, 1.807) is 23.7 Å². The molecule has 0 aromatic carbocycles. The molecule has 0 unspecified atom stereocenters. The van der Waals surface area contributed by atoms with Crippen molar-refractivity contribution in [1.82, 2.24) is 10.3 Å². The Bertz CT molecular complexity index is 506. The van der Waals surface area contributed by atoms with E-state index >= 15 is 0 Å². The largest absolute Gasteiger partial charge is 0.350 e. The van der Waals surface area contributed by atoms with Crippen molar-refractivity contribution in [2.45, 2.75) is 19.9 Å². The molecule has 4 heteroatoms. The van der Waals surface area contributed by atoms with Crippen molar-refractivity contribution < 1.29 is 4.79 Å². The van der Waals surface area contributed by atoms with Gasteiger partial charge in [-0.2, -0.15) is 0 Å². The van der Waals surface area contributed by atoms with Crippen LogP contribution in [0.2, 0.25) is 0 Å². The molecule has 0 aliphatic carbocycles. The predicted molar refractivity (Wildman–Crippen MR) is 70.2 cm³/mol. The predicted octanol–water partition coefficient (Wildman–Crippen LogP) is 2.95. The van der Waals surface area contributed by atoms with Gasteiger partial charge in [0.05, 0.1) is 5.56 Å². The van der Waals surface area contributed by atoms with Crippen molar-refractivity contribution in [3.05, 3.63) is 41.5 Å². The van der Waals surface area contributed by atoms with Crippen molar-refractivity contribution >= 4 is 17.2 Å². The number of nitrogens with one attached hydrogen (secondary N) is 1. The van der Waals surface area contributed by atoms with Crippen LogP contribution in [0.5, 0.6) is 0 Å². The van der Waals surface area contributed by atoms with E-state index in [1.807, 2.05) is 37.4 Å². The van der Waals surface area contributed by atoms with Gasteiger partial charge in [-0.15, -0.1) is 11.3 Å². The lowest BCUT2D eigenvalue weighted by Gasteiger charge is -2.08. The molecule has 0 radical (unpaired) electrons. The molecule has 88 valence electrons. The zero-order chi connectivity index (χ0) is 12.3. The summed E-state index contributed by atoms with van der Waals surface area (Å²) in [5, 5.41) is 4.87. The highest BCUT2D eigenvalue weighted by Gasteiger charge is 2.09. The summed E-state index contributed by atoms with van der Waals surface area (Å²) in [5.74, 6) is -0.0779. The van der Waals surface area contributed by atoms with Crippen LogP contribution in [0.25, 0.3) is 10.4 Å². The van der Waals surface area contributed by atoms with Gasteiger partial charge in [-0.05, 0) is 31.4 Å². The van der Waals surface area contributed by atoms with E-state index < -0.39 is 0 Å². The maximum absolute atomic E-state index is 11.8. The van der Waals surface area contributed by atoms with Crippen LogP contribution in [-0.2, 0) is 0 Å². The summed E-state index contributed by atoms with van der Waals surface area (Å²) in [7, 11) is 0. The highest BCUT2D eigenvalue weighted by atomic mass is 32.1. The second-order valence-electron chi connectivity index (χ2n) is 4.07.